The van der Waals surface area contributed by atoms with E-state index < -0.39 is 29.6 Å². The molecule has 2 aliphatic rings. The second-order valence-corrected chi connectivity index (χ2v) is 13.1. The van der Waals surface area contributed by atoms with Crippen LogP contribution < -0.4 is 21.7 Å². The van der Waals surface area contributed by atoms with Crippen molar-refractivity contribution in [1.82, 2.24) is 25.8 Å². The lowest BCUT2D eigenvalue weighted by molar-refractivity contribution is -0.151. The molecule has 254 valence electrons. The number of nitrogens with one attached hydrogen (secondary N) is 3. The third kappa shape index (κ3) is 8.77. The average Bonchev–Trinajstić information content (AvgIpc) is 3.65. The van der Waals surface area contributed by atoms with Crippen molar-refractivity contribution in [3.05, 3.63) is 71.8 Å². The largest absolute Gasteiger partial charge is 0.357 e. The van der Waals surface area contributed by atoms with E-state index in [0.29, 0.717) is 51.7 Å². The number of carbonyl (C=O) groups excluding carboxylic acids is 5. The zero-order valence-electron chi connectivity index (χ0n) is 27.9. The molecule has 47 heavy (non-hydrogen) atoms. The van der Waals surface area contributed by atoms with Gasteiger partial charge in [0.25, 0.3) is 0 Å². The van der Waals surface area contributed by atoms with Crippen molar-refractivity contribution < 1.29 is 24.0 Å². The highest BCUT2D eigenvalue weighted by molar-refractivity contribution is 5.99. The van der Waals surface area contributed by atoms with Crippen LogP contribution in [0, 0.1) is 5.92 Å². The van der Waals surface area contributed by atoms with Crippen LogP contribution >= 0.6 is 0 Å². The Labute approximate surface area is 278 Å². The minimum absolute atomic E-state index is 0.185. The highest BCUT2D eigenvalue weighted by Crippen LogP contribution is 2.40. The number of hydrogen-bond acceptors (Lipinski definition) is 6. The van der Waals surface area contributed by atoms with Crippen molar-refractivity contribution in [3.8, 4) is 0 Å². The molecule has 11 heteroatoms. The molecule has 11 nitrogen and oxygen atoms in total. The summed E-state index contributed by atoms with van der Waals surface area (Å²) in [5.41, 5.74) is 6.24. The minimum atomic E-state index is -1.07. The zero-order chi connectivity index (χ0) is 34.0. The minimum Gasteiger partial charge on any atom is -0.357 e. The average molecular weight is 647 g/mol. The Balaban J connectivity index is 1.61. The maximum atomic E-state index is 14.5. The van der Waals surface area contributed by atoms with Gasteiger partial charge in [0.05, 0.1) is 0 Å². The summed E-state index contributed by atoms with van der Waals surface area (Å²) in [7, 11) is 1.57. The van der Waals surface area contributed by atoms with Gasteiger partial charge in [0, 0.05) is 39.4 Å². The van der Waals surface area contributed by atoms with Gasteiger partial charge in [-0.05, 0) is 55.7 Å². The predicted octanol–water partition coefficient (Wildman–Crippen LogP) is 1.93. The molecule has 2 heterocycles. The molecule has 1 spiro atoms. The Morgan fingerprint density at radius 1 is 0.851 bits per heavy atom. The first-order valence-corrected chi connectivity index (χ1v) is 16.8. The van der Waals surface area contributed by atoms with Gasteiger partial charge >= 0.3 is 0 Å². The molecule has 5 N–H and O–H groups in total. The van der Waals surface area contributed by atoms with E-state index in [2.05, 4.69) is 16.0 Å². The molecular formula is C36H50N6O5. The number of hydrogen-bond donors (Lipinski definition) is 4. The Kier molecular flexibility index (Phi) is 12.5. The van der Waals surface area contributed by atoms with E-state index in [-0.39, 0.29) is 48.8 Å². The van der Waals surface area contributed by atoms with Crippen molar-refractivity contribution in [2.45, 2.75) is 88.9 Å². The first-order valence-electron chi connectivity index (χ1n) is 16.8. The molecular weight excluding hydrogens is 596 g/mol. The van der Waals surface area contributed by atoms with Crippen molar-refractivity contribution in [2.24, 2.45) is 11.7 Å². The molecule has 5 amide bonds. The Hall–Kier alpha value is -4.25. The Morgan fingerprint density at radius 2 is 1.47 bits per heavy atom. The van der Waals surface area contributed by atoms with Gasteiger partial charge in [-0.2, -0.15) is 0 Å². The highest BCUT2D eigenvalue weighted by atomic mass is 16.2. The van der Waals surface area contributed by atoms with E-state index in [1.165, 1.54) is 0 Å². The number of rotatable bonds is 15. The first kappa shape index (κ1) is 35.6. The summed E-state index contributed by atoms with van der Waals surface area (Å²) in [6.07, 6.45) is 3.19. The smallest absolute Gasteiger partial charge is 0.249 e. The SMILES string of the molecule is CNC(=O)[C@H](CC(C)C)N1CCC2(CCCN2C(=O)[C@H](Cc2ccccc2)NC(=O)[C@H](Cc2ccccc2)NC(=O)CCCN)C1=O. The number of benzene rings is 2. The van der Waals surface area contributed by atoms with Crippen LogP contribution in [0.4, 0.5) is 0 Å². The van der Waals surface area contributed by atoms with Crippen LogP contribution in [0.5, 0.6) is 0 Å². The van der Waals surface area contributed by atoms with Gasteiger partial charge in [0.1, 0.15) is 23.7 Å². The van der Waals surface area contributed by atoms with E-state index in [1.54, 1.807) is 16.8 Å². The van der Waals surface area contributed by atoms with E-state index >= 15 is 0 Å². The molecule has 1 unspecified atom stereocenters. The van der Waals surface area contributed by atoms with Crippen LogP contribution in [0.15, 0.2) is 60.7 Å². The summed E-state index contributed by atoms with van der Waals surface area (Å²) in [4.78, 5) is 71.7. The van der Waals surface area contributed by atoms with Crippen LogP contribution in [-0.4, -0.2) is 89.7 Å². The van der Waals surface area contributed by atoms with Crippen molar-refractivity contribution in [3.63, 3.8) is 0 Å². The maximum absolute atomic E-state index is 14.5. The van der Waals surface area contributed by atoms with Gasteiger partial charge in [-0.3, -0.25) is 24.0 Å². The third-order valence-corrected chi connectivity index (χ3v) is 9.24. The van der Waals surface area contributed by atoms with Gasteiger partial charge in [-0.15, -0.1) is 0 Å². The fourth-order valence-electron chi connectivity index (χ4n) is 6.85. The molecule has 0 bridgehead atoms. The number of nitrogens with zero attached hydrogens (tertiary/aromatic N) is 2. The van der Waals surface area contributed by atoms with Crippen LogP contribution in [0.3, 0.4) is 0 Å². The van der Waals surface area contributed by atoms with Gasteiger partial charge in [0.2, 0.25) is 29.5 Å². The topological polar surface area (TPSA) is 154 Å². The molecule has 0 radical (unpaired) electrons. The Morgan fingerprint density at radius 3 is 2.04 bits per heavy atom. The Bertz CT molecular complexity index is 1390. The van der Waals surface area contributed by atoms with E-state index in [4.69, 9.17) is 5.73 Å². The highest BCUT2D eigenvalue weighted by Gasteiger charge is 2.57. The monoisotopic (exact) mass is 646 g/mol. The molecule has 4 atom stereocenters. The lowest BCUT2D eigenvalue weighted by Gasteiger charge is -2.37. The maximum Gasteiger partial charge on any atom is 0.249 e. The normalized spacial score (nSPS) is 19.5. The summed E-state index contributed by atoms with van der Waals surface area (Å²) in [6.45, 7) is 5.13. The number of likely N-dealkylation sites (tertiary alicyclic amines) is 2. The molecule has 0 aliphatic carbocycles. The first-order chi connectivity index (χ1) is 22.6. The second kappa shape index (κ2) is 16.5. The predicted molar refractivity (Wildman–Crippen MR) is 180 cm³/mol. The molecule has 0 aromatic heterocycles. The van der Waals surface area contributed by atoms with Gasteiger partial charge < -0.3 is 31.5 Å². The van der Waals surface area contributed by atoms with E-state index in [9.17, 15) is 24.0 Å². The number of nitrogens with two attached hydrogens (primary N) is 1. The fourth-order valence-corrected chi connectivity index (χ4v) is 6.85. The van der Waals surface area contributed by atoms with E-state index in [0.717, 1.165) is 11.1 Å². The second-order valence-electron chi connectivity index (χ2n) is 13.1. The molecule has 2 aromatic carbocycles. The lowest BCUT2D eigenvalue weighted by Crippen LogP contribution is -2.61. The molecule has 2 fully saturated rings. The summed E-state index contributed by atoms with van der Waals surface area (Å²) in [5, 5.41) is 8.53. The van der Waals surface area contributed by atoms with Gasteiger partial charge in [-0.25, -0.2) is 0 Å². The molecule has 4 rings (SSSR count). The van der Waals surface area contributed by atoms with Gasteiger partial charge in [0.15, 0.2) is 0 Å². The number of carbonyl (C=O) groups is 5. The van der Waals surface area contributed by atoms with Crippen LogP contribution in [0.2, 0.25) is 0 Å². The summed E-state index contributed by atoms with van der Waals surface area (Å²) in [6, 6.07) is 16.3. The van der Waals surface area contributed by atoms with Crippen LogP contribution in [0.1, 0.15) is 63.5 Å². The zero-order valence-corrected chi connectivity index (χ0v) is 27.9. The molecule has 2 saturated heterocycles. The van der Waals surface area contributed by atoms with E-state index in [1.807, 2.05) is 74.5 Å². The molecule has 2 aliphatic heterocycles. The van der Waals surface area contributed by atoms with Crippen molar-refractivity contribution in [1.29, 1.82) is 0 Å². The van der Waals surface area contributed by atoms with Crippen molar-refractivity contribution in [2.75, 3.05) is 26.7 Å². The number of amides is 5. The van der Waals surface area contributed by atoms with Crippen LogP contribution in [-0.2, 0) is 36.8 Å². The summed E-state index contributed by atoms with van der Waals surface area (Å²) < 4.78 is 0. The van der Waals surface area contributed by atoms with Crippen molar-refractivity contribution >= 4 is 29.5 Å². The number of likely N-dealkylation sites (N-methyl/N-ethyl adjacent to an activating group) is 1. The van der Waals surface area contributed by atoms with Crippen LogP contribution in [0.25, 0.3) is 0 Å². The third-order valence-electron chi connectivity index (χ3n) is 9.24. The summed E-state index contributed by atoms with van der Waals surface area (Å²) in [5.74, 6) is -1.35. The fraction of sp³-hybridized carbons (Fsp3) is 0.528. The summed E-state index contributed by atoms with van der Waals surface area (Å²) >= 11 is 0. The lowest BCUT2D eigenvalue weighted by atomic mass is 9.92. The molecule has 2 aromatic rings. The quantitative estimate of drug-likeness (QED) is 0.232. The standard InChI is InChI=1S/C36H50N6O5/c1-25(2)22-30(33(45)38-3)41-21-18-36(35(41)47)17-11-20-42(36)34(46)29(24-27-14-8-5-9-15-27)40-32(44)28(39-31(43)16-10-19-37)23-26-12-6-4-7-13-26/h4-9,12-15,25,28-30H,10-11,16-24,37H2,1-3H3,(H,38,45)(H,39,43)(H,40,44)/t28-,29-,30-,36?/m0/s1. The van der Waals surface area contributed by atoms with Gasteiger partial charge in [-0.1, -0.05) is 74.5 Å². The molecule has 0 saturated carbocycles.